The summed E-state index contributed by atoms with van der Waals surface area (Å²) in [5.74, 6) is 0. The molecule has 1 aromatic carbocycles. The molecule has 0 aliphatic carbocycles. The Morgan fingerprint density at radius 2 is 2.10 bits per heavy atom. The monoisotopic (exact) mass is 276 g/mol. The van der Waals surface area contributed by atoms with E-state index < -0.39 is 0 Å². The molecule has 0 bridgehead atoms. The largest absolute Gasteiger partial charge is 0.377 e. The summed E-state index contributed by atoms with van der Waals surface area (Å²) in [7, 11) is 2.19. The van der Waals surface area contributed by atoms with E-state index in [4.69, 9.17) is 4.74 Å². The molecule has 0 saturated carbocycles. The van der Waals surface area contributed by atoms with Crippen LogP contribution in [0.2, 0.25) is 0 Å². The van der Waals surface area contributed by atoms with Crippen molar-refractivity contribution < 1.29 is 4.74 Å². The molecule has 0 radical (unpaired) electrons. The van der Waals surface area contributed by atoms with Crippen LogP contribution in [0.15, 0.2) is 24.3 Å². The number of nitrogens with zero attached hydrogens (tertiary/aromatic N) is 1. The summed E-state index contributed by atoms with van der Waals surface area (Å²) in [5.41, 5.74) is 2.69. The Labute approximate surface area is 123 Å². The lowest BCUT2D eigenvalue weighted by Gasteiger charge is -2.27. The molecule has 0 aromatic heterocycles. The van der Waals surface area contributed by atoms with Gasteiger partial charge < -0.3 is 15.0 Å². The van der Waals surface area contributed by atoms with E-state index in [0.717, 1.165) is 26.2 Å². The summed E-state index contributed by atoms with van der Waals surface area (Å²) in [4.78, 5) is 2.39. The third kappa shape index (κ3) is 4.58. The maximum absolute atomic E-state index is 5.72. The van der Waals surface area contributed by atoms with Crippen molar-refractivity contribution in [2.45, 2.75) is 38.8 Å². The molecule has 112 valence electrons. The van der Waals surface area contributed by atoms with E-state index in [-0.39, 0.29) is 0 Å². The first-order valence-corrected chi connectivity index (χ1v) is 7.79. The summed E-state index contributed by atoms with van der Waals surface area (Å²) in [6, 6.07) is 9.26. The molecule has 0 amide bonds. The number of nitrogens with one attached hydrogen (secondary N) is 1. The van der Waals surface area contributed by atoms with Crippen molar-refractivity contribution in [1.82, 2.24) is 10.2 Å². The fraction of sp³-hybridized carbons (Fsp3) is 0.647. The van der Waals surface area contributed by atoms with Gasteiger partial charge in [-0.15, -0.1) is 0 Å². The van der Waals surface area contributed by atoms with Gasteiger partial charge in [0.1, 0.15) is 0 Å². The second kappa shape index (κ2) is 7.77. The van der Waals surface area contributed by atoms with Gasteiger partial charge in [0.05, 0.1) is 6.10 Å². The Bertz CT molecular complexity index is 384. The smallest absolute Gasteiger partial charge is 0.0702 e. The molecule has 20 heavy (non-hydrogen) atoms. The second-order valence-corrected chi connectivity index (χ2v) is 5.88. The average Bonchev–Trinajstić information content (AvgIpc) is 2.92. The fourth-order valence-electron chi connectivity index (χ4n) is 2.86. The number of aryl methyl sites for hydroxylation is 1. The zero-order valence-electron chi connectivity index (χ0n) is 13.1. The maximum Gasteiger partial charge on any atom is 0.0702 e. The number of hydrogen-bond donors (Lipinski definition) is 1. The van der Waals surface area contributed by atoms with Gasteiger partial charge in [-0.25, -0.2) is 0 Å². The Morgan fingerprint density at radius 3 is 2.70 bits per heavy atom. The molecule has 1 fully saturated rings. The SMILES string of the molecule is CCNC(CN(C)CC1CCCO1)c1ccc(C)cc1. The van der Waals surface area contributed by atoms with E-state index in [9.17, 15) is 0 Å². The van der Waals surface area contributed by atoms with Gasteiger partial charge in [-0.2, -0.15) is 0 Å². The molecule has 1 aliphatic heterocycles. The zero-order valence-corrected chi connectivity index (χ0v) is 13.1. The molecule has 2 rings (SSSR count). The lowest BCUT2D eigenvalue weighted by molar-refractivity contribution is 0.0784. The minimum absolute atomic E-state index is 0.395. The van der Waals surface area contributed by atoms with Crippen molar-refractivity contribution in [2.75, 3.05) is 33.3 Å². The average molecular weight is 276 g/mol. The van der Waals surface area contributed by atoms with Gasteiger partial charge in [-0.3, -0.25) is 0 Å². The molecule has 3 nitrogen and oxygen atoms in total. The van der Waals surface area contributed by atoms with Crippen molar-refractivity contribution in [3.8, 4) is 0 Å². The second-order valence-electron chi connectivity index (χ2n) is 5.88. The minimum Gasteiger partial charge on any atom is -0.377 e. The Kier molecular flexibility index (Phi) is 6.02. The summed E-state index contributed by atoms with van der Waals surface area (Å²) in [5, 5.41) is 3.59. The van der Waals surface area contributed by atoms with E-state index in [1.54, 1.807) is 0 Å². The van der Waals surface area contributed by atoms with Crippen LogP contribution in [-0.2, 0) is 4.74 Å². The third-order valence-electron chi connectivity index (χ3n) is 3.96. The van der Waals surface area contributed by atoms with Crippen molar-refractivity contribution in [3.63, 3.8) is 0 Å². The molecule has 1 aromatic rings. The number of benzene rings is 1. The Balaban J connectivity index is 1.92. The molecule has 3 heteroatoms. The number of rotatable bonds is 7. The van der Waals surface area contributed by atoms with Crippen LogP contribution in [0.4, 0.5) is 0 Å². The quantitative estimate of drug-likeness (QED) is 0.829. The van der Waals surface area contributed by atoms with Crippen LogP contribution in [0, 0.1) is 6.92 Å². The molecular weight excluding hydrogens is 248 g/mol. The number of likely N-dealkylation sites (N-methyl/N-ethyl adjacent to an activating group) is 2. The highest BCUT2D eigenvalue weighted by molar-refractivity contribution is 5.24. The van der Waals surface area contributed by atoms with Crippen LogP contribution in [0.25, 0.3) is 0 Å². The lowest BCUT2D eigenvalue weighted by atomic mass is 10.0. The predicted octanol–water partition coefficient (Wildman–Crippen LogP) is 2.76. The molecule has 2 unspecified atom stereocenters. The highest BCUT2D eigenvalue weighted by Gasteiger charge is 2.19. The van der Waals surface area contributed by atoms with Crippen LogP contribution in [0.1, 0.15) is 36.9 Å². The molecule has 1 aliphatic rings. The first kappa shape index (κ1) is 15.5. The Hall–Kier alpha value is -0.900. The molecule has 1 N–H and O–H groups in total. The van der Waals surface area contributed by atoms with E-state index in [2.05, 4.69) is 55.4 Å². The van der Waals surface area contributed by atoms with Gasteiger partial charge in [-0.1, -0.05) is 36.8 Å². The summed E-state index contributed by atoms with van der Waals surface area (Å²) < 4.78 is 5.72. The highest BCUT2D eigenvalue weighted by atomic mass is 16.5. The molecule has 1 saturated heterocycles. The predicted molar refractivity (Wildman–Crippen MR) is 84.1 cm³/mol. The number of ether oxygens (including phenoxy) is 1. The molecule has 2 atom stereocenters. The van der Waals surface area contributed by atoms with Gasteiger partial charge in [0, 0.05) is 25.7 Å². The van der Waals surface area contributed by atoms with Crippen LogP contribution in [0.3, 0.4) is 0 Å². The van der Waals surface area contributed by atoms with Gasteiger partial charge in [0.25, 0.3) is 0 Å². The van der Waals surface area contributed by atoms with Crippen molar-refractivity contribution in [2.24, 2.45) is 0 Å². The number of hydrogen-bond acceptors (Lipinski definition) is 3. The van der Waals surface area contributed by atoms with Crippen LogP contribution in [0.5, 0.6) is 0 Å². The van der Waals surface area contributed by atoms with Gasteiger partial charge in [0.2, 0.25) is 0 Å². The summed E-state index contributed by atoms with van der Waals surface area (Å²) >= 11 is 0. The van der Waals surface area contributed by atoms with Gasteiger partial charge >= 0.3 is 0 Å². The molecule has 1 heterocycles. The van der Waals surface area contributed by atoms with Crippen molar-refractivity contribution in [1.29, 1.82) is 0 Å². The van der Waals surface area contributed by atoms with E-state index in [1.807, 2.05) is 0 Å². The summed E-state index contributed by atoms with van der Waals surface area (Å²) in [6.07, 6.45) is 2.86. The third-order valence-corrected chi connectivity index (χ3v) is 3.96. The van der Waals surface area contributed by atoms with Crippen LogP contribution >= 0.6 is 0 Å². The fourth-order valence-corrected chi connectivity index (χ4v) is 2.86. The van der Waals surface area contributed by atoms with E-state index >= 15 is 0 Å². The molecule has 0 spiro atoms. The highest BCUT2D eigenvalue weighted by Crippen LogP contribution is 2.17. The maximum atomic E-state index is 5.72. The Morgan fingerprint density at radius 1 is 1.35 bits per heavy atom. The van der Waals surface area contributed by atoms with Gasteiger partial charge in [0.15, 0.2) is 0 Å². The van der Waals surface area contributed by atoms with Crippen molar-refractivity contribution >= 4 is 0 Å². The molecular formula is C17H28N2O. The van der Waals surface area contributed by atoms with Gasteiger partial charge in [-0.05, 0) is 38.9 Å². The normalized spacial score (nSPS) is 20.5. The minimum atomic E-state index is 0.395. The topological polar surface area (TPSA) is 24.5 Å². The summed E-state index contributed by atoms with van der Waals surface area (Å²) in [6.45, 7) is 8.29. The van der Waals surface area contributed by atoms with E-state index in [1.165, 1.54) is 24.0 Å². The first-order chi connectivity index (χ1) is 9.69. The van der Waals surface area contributed by atoms with E-state index in [0.29, 0.717) is 12.1 Å². The van der Waals surface area contributed by atoms with Crippen LogP contribution in [-0.4, -0.2) is 44.3 Å². The zero-order chi connectivity index (χ0) is 14.4. The van der Waals surface area contributed by atoms with Crippen molar-refractivity contribution in [3.05, 3.63) is 35.4 Å². The van der Waals surface area contributed by atoms with Crippen LogP contribution < -0.4 is 5.32 Å². The lowest BCUT2D eigenvalue weighted by Crippen LogP contribution is -2.36. The standard InChI is InChI=1S/C17H28N2O/c1-4-18-17(15-9-7-14(2)8-10-15)13-19(3)12-16-6-5-11-20-16/h7-10,16-18H,4-6,11-13H2,1-3H3. The first-order valence-electron chi connectivity index (χ1n) is 7.79.